The highest BCUT2D eigenvalue weighted by Crippen LogP contribution is 2.39. The molecule has 0 unspecified atom stereocenters. The maximum absolute atomic E-state index is 12.6. The van der Waals surface area contributed by atoms with E-state index >= 15 is 0 Å². The summed E-state index contributed by atoms with van der Waals surface area (Å²) in [5, 5.41) is 0. The Morgan fingerprint density at radius 3 is 1.82 bits per heavy atom. The van der Waals surface area contributed by atoms with Gasteiger partial charge in [-0.25, -0.2) is 8.78 Å². The quantitative estimate of drug-likeness (QED) is 0.570. The van der Waals surface area contributed by atoms with Crippen LogP contribution in [0.15, 0.2) is 0 Å². The van der Waals surface area contributed by atoms with E-state index in [0.717, 1.165) is 0 Å². The van der Waals surface area contributed by atoms with E-state index in [-0.39, 0.29) is 0 Å². The molecule has 0 aromatic heterocycles. The van der Waals surface area contributed by atoms with Crippen LogP contribution in [-0.4, -0.2) is 24.9 Å². The fourth-order valence-electron chi connectivity index (χ4n) is 0.711. The first kappa shape index (κ1) is 16.2. The second-order valence-corrected chi connectivity index (χ2v) is 5.51. The van der Waals surface area contributed by atoms with Crippen LogP contribution in [0.1, 0.15) is 34.6 Å². The summed E-state index contributed by atoms with van der Waals surface area (Å²) in [5.41, 5.74) is -1.56. The lowest BCUT2D eigenvalue weighted by Crippen LogP contribution is -2.42. The molecular formula is C11H18F4O2. The number of hydrogen-bond acceptors (Lipinski definition) is 2. The molecule has 0 bridgehead atoms. The van der Waals surface area contributed by atoms with Gasteiger partial charge in [0, 0.05) is 0 Å². The van der Waals surface area contributed by atoms with E-state index in [1.54, 1.807) is 20.8 Å². The highest BCUT2D eigenvalue weighted by molar-refractivity contribution is 5.76. The predicted octanol–water partition coefficient (Wildman–Crippen LogP) is 3.50. The second-order valence-electron chi connectivity index (χ2n) is 5.51. The Morgan fingerprint density at radius 2 is 1.53 bits per heavy atom. The highest BCUT2D eigenvalue weighted by atomic mass is 19.3. The van der Waals surface area contributed by atoms with Gasteiger partial charge in [0.05, 0.1) is 5.41 Å². The summed E-state index contributed by atoms with van der Waals surface area (Å²) in [5.74, 6) is -5.21. The summed E-state index contributed by atoms with van der Waals surface area (Å²) in [6.45, 7) is 6.66. The van der Waals surface area contributed by atoms with Crippen molar-refractivity contribution in [1.82, 2.24) is 0 Å². The topological polar surface area (TPSA) is 26.3 Å². The largest absolute Gasteiger partial charge is 0.459 e. The van der Waals surface area contributed by atoms with Gasteiger partial charge in [0.2, 0.25) is 0 Å². The molecule has 0 aliphatic heterocycles. The van der Waals surface area contributed by atoms with Gasteiger partial charge in [-0.1, -0.05) is 20.8 Å². The zero-order valence-corrected chi connectivity index (χ0v) is 10.6. The lowest BCUT2D eigenvalue weighted by Gasteiger charge is -2.36. The van der Waals surface area contributed by atoms with Crippen LogP contribution in [0.3, 0.4) is 0 Å². The minimum atomic E-state index is -4.30. The van der Waals surface area contributed by atoms with Crippen molar-refractivity contribution in [2.24, 2.45) is 10.8 Å². The van der Waals surface area contributed by atoms with Crippen molar-refractivity contribution < 1.29 is 27.1 Å². The molecule has 0 atom stereocenters. The molecule has 0 radical (unpaired) electrons. The van der Waals surface area contributed by atoms with Crippen molar-refractivity contribution in [3.8, 4) is 0 Å². The van der Waals surface area contributed by atoms with Crippen molar-refractivity contribution >= 4 is 5.97 Å². The van der Waals surface area contributed by atoms with Gasteiger partial charge in [-0.2, -0.15) is 8.78 Å². The normalized spacial score (nSPS) is 14.0. The Hall–Kier alpha value is -0.810. The number of alkyl halides is 4. The van der Waals surface area contributed by atoms with Gasteiger partial charge in [-0.15, -0.1) is 0 Å². The summed E-state index contributed by atoms with van der Waals surface area (Å²) in [6, 6.07) is 0. The van der Waals surface area contributed by atoms with Crippen molar-refractivity contribution in [2.45, 2.75) is 47.0 Å². The van der Waals surface area contributed by atoms with Gasteiger partial charge in [0.15, 0.2) is 6.61 Å². The lowest BCUT2D eigenvalue weighted by molar-refractivity contribution is -0.190. The number of rotatable bonds is 4. The summed E-state index contributed by atoms with van der Waals surface area (Å²) >= 11 is 0. The Bertz CT molecular complexity index is 280. The Kier molecular flexibility index (Phi) is 4.59. The Labute approximate surface area is 98.3 Å². The van der Waals surface area contributed by atoms with Crippen molar-refractivity contribution in [3.63, 3.8) is 0 Å². The van der Waals surface area contributed by atoms with Crippen LogP contribution >= 0.6 is 0 Å². The molecule has 0 spiro atoms. The molecular weight excluding hydrogens is 240 g/mol. The zero-order chi connectivity index (χ0) is 14.1. The Balaban J connectivity index is 4.59. The highest BCUT2D eigenvalue weighted by Gasteiger charge is 2.46. The van der Waals surface area contributed by atoms with Gasteiger partial charge in [0.1, 0.15) is 0 Å². The molecule has 0 aliphatic rings. The molecule has 0 saturated carbocycles. The zero-order valence-electron chi connectivity index (χ0n) is 10.6. The molecule has 0 aliphatic carbocycles. The molecule has 0 rings (SSSR count). The Morgan fingerprint density at radius 1 is 1.12 bits per heavy atom. The molecule has 0 heterocycles. The van der Waals surface area contributed by atoms with Gasteiger partial charge in [0.25, 0.3) is 0 Å². The van der Waals surface area contributed by atoms with Crippen LogP contribution in [0.4, 0.5) is 17.6 Å². The van der Waals surface area contributed by atoms with E-state index in [9.17, 15) is 22.4 Å². The number of hydrogen-bond donors (Lipinski definition) is 0. The monoisotopic (exact) mass is 258 g/mol. The van der Waals surface area contributed by atoms with E-state index in [1.165, 1.54) is 13.8 Å². The molecule has 6 heteroatoms. The fourth-order valence-corrected chi connectivity index (χ4v) is 0.711. The third-order valence-electron chi connectivity index (χ3n) is 3.10. The average Bonchev–Trinajstić information content (AvgIpc) is 2.12. The van der Waals surface area contributed by atoms with Gasteiger partial charge < -0.3 is 4.74 Å². The first-order chi connectivity index (χ1) is 7.32. The second kappa shape index (κ2) is 4.82. The number of carbonyl (C=O) groups excluding carboxylic acids is 1. The number of esters is 1. The van der Waals surface area contributed by atoms with Crippen LogP contribution in [0.25, 0.3) is 0 Å². The fraction of sp³-hybridized carbons (Fsp3) is 0.909. The van der Waals surface area contributed by atoms with Crippen molar-refractivity contribution in [1.29, 1.82) is 0 Å². The van der Waals surface area contributed by atoms with Gasteiger partial charge in [-0.3, -0.25) is 4.79 Å². The average molecular weight is 258 g/mol. The van der Waals surface area contributed by atoms with Gasteiger partial charge in [-0.05, 0) is 19.3 Å². The van der Waals surface area contributed by atoms with Crippen LogP contribution in [0, 0.1) is 10.8 Å². The van der Waals surface area contributed by atoms with E-state index in [1.807, 2.05) is 0 Å². The summed E-state index contributed by atoms with van der Waals surface area (Å²) in [4.78, 5) is 11.6. The SMILES string of the molecule is CC(C)(C)C(C)(C)C(=O)OCC(F)(F)C(F)F. The van der Waals surface area contributed by atoms with Crippen molar-refractivity contribution in [2.75, 3.05) is 6.61 Å². The maximum atomic E-state index is 12.6. The first-order valence-corrected chi connectivity index (χ1v) is 5.15. The van der Waals surface area contributed by atoms with Crippen LogP contribution < -0.4 is 0 Å². The van der Waals surface area contributed by atoms with Crippen LogP contribution in [0.5, 0.6) is 0 Å². The maximum Gasteiger partial charge on any atom is 0.340 e. The number of carbonyl (C=O) groups is 1. The molecule has 0 aromatic carbocycles. The van der Waals surface area contributed by atoms with E-state index < -0.39 is 35.8 Å². The molecule has 102 valence electrons. The summed E-state index contributed by atoms with van der Waals surface area (Å²) < 4.78 is 53.1. The molecule has 17 heavy (non-hydrogen) atoms. The van der Waals surface area contributed by atoms with Crippen LogP contribution in [-0.2, 0) is 9.53 Å². The minimum absolute atomic E-state index is 0.524. The molecule has 2 nitrogen and oxygen atoms in total. The summed E-state index contributed by atoms with van der Waals surface area (Å²) in [6.07, 6.45) is -3.84. The smallest absolute Gasteiger partial charge is 0.340 e. The molecule has 0 saturated heterocycles. The minimum Gasteiger partial charge on any atom is -0.459 e. The molecule has 0 aromatic rings. The van der Waals surface area contributed by atoms with E-state index in [2.05, 4.69) is 4.74 Å². The molecule has 0 N–H and O–H groups in total. The van der Waals surface area contributed by atoms with Crippen LogP contribution in [0.2, 0.25) is 0 Å². The molecule has 0 fully saturated rings. The third kappa shape index (κ3) is 3.85. The van der Waals surface area contributed by atoms with E-state index in [0.29, 0.717) is 0 Å². The third-order valence-corrected chi connectivity index (χ3v) is 3.10. The standard InChI is InChI=1S/C11H18F4O2/c1-9(2,3)10(4,5)8(16)17-6-11(14,15)7(12)13/h7H,6H2,1-5H3. The molecule has 0 amide bonds. The lowest BCUT2D eigenvalue weighted by atomic mass is 9.69. The van der Waals surface area contributed by atoms with E-state index in [4.69, 9.17) is 0 Å². The first-order valence-electron chi connectivity index (χ1n) is 5.15. The number of halogens is 4. The summed E-state index contributed by atoms with van der Waals surface area (Å²) in [7, 11) is 0. The van der Waals surface area contributed by atoms with Crippen molar-refractivity contribution in [3.05, 3.63) is 0 Å². The van der Waals surface area contributed by atoms with Gasteiger partial charge >= 0.3 is 18.3 Å². The number of ether oxygens (including phenoxy) is 1. The predicted molar refractivity (Wildman–Crippen MR) is 55.1 cm³/mol.